The molecule has 0 unspecified atom stereocenters. The predicted molar refractivity (Wildman–Crippen MR) is 58.2 cm³/mol. The molecule has 0 saturated carbocycles. The van der Waals surface area contributed by atoms with Crippen LogP contribution in [0.1, 0.15) is 12.0 Å². The molecule has 1 aromatic rings. The number of rotatable bonds is 4. The van der Waals surface area contributed by atoms with Gasteiger partial charge in [0.2, 0.25) is 0 Å². The third-order valence-corrected chi connectivity index (χ3v) is 2.85. The van der Waals surface area contributed by atoms with E-state index < -0.39 is 0 Å². The van der Waals surface area contributed by atoms with Gasteiger partial charge in [-0.05, 0) is 18.1 Å². The van der Waals surface area contributed by atoms with Crippen molar-refractivity contribution in [3.8, 4) is 0 Å². The van der Waals surface area contributed by atoms with Crippen LogP contribution >= 0.6 is 27.5 Å². The quantitative estimate of drug-likeness (QED) is 0.761. The third-order valence-electron chi connectivity index (χ3n) is 1.78. The minimum Gasteiger partial charge on any atom is -0.298 e. The second kappa shape index (κ2) is 5.40. The van der Waals surface area contributed by atoms with E-state index in [1.807, 2.05) is 24.3 Å². The van der Waals surface area contributed by atoms with E-state index in [0.29, 0.717) is 6.42 Å². The van der Waals surface area contributed by atoms with E-state index in [2.05, 4.69) is 15.9 Å². The molecule has 0 heterocycles. The van der Waals surface area contributed by atoms with Crippen molar-refractivity contribution in [2.24, 2.45) is 0 Å². The molecule has 1 aromatic carbocycles. The van der Waals surface area contributed by atoms with Crippen molar-refractivity contribution in [2.75, 3.05) is 5.88 Å². The maximum Gasteiger partial charge on any atom is 0.147 e. The van der Waals surface area contributed by atoms with Crippen LogP contribution in [0.25, 0.3) is 0 Å². The molecule has 0 aromatic heterocycles. The Labute approximate surface area is 91.2 Å². The van der Waals surface area contributed by atoms with Crippen LogP contribution < -0.4 is 0 Å². The summed E-state index contributed by atoms with van der Waals surface area (Å²) in [5, 5.41) is 0. The highest BCUT2D eigenvalue weighted by Crippen LogP contribution is 2.17. The number of aryl methyl sites for hydroxylation is 1. The van der Waals surface area contributed by atoms with Crippen LogP contribution in [0.2, 0.25) is 0 Å². The van der Waals surface area contributed by atoms with Crippen molar-refractivity contribution in [3.05, 3.63) is 34.3 Å². The Kier molecular flexibility index (Phi) is 4.46. The molecule has 0 N–H and O–H groups in total. The zero-order chi connectivity index (χ0) is 9.68. The molecular weight excluding hydrogens is 251 g/mol. The molecule has 13 heavy (non-hydrogen) atoms. The molecule has 0 aliphatic rings. The Balaban J connectivity index is 2.54. The first-order valence-electron chi connectivity index (χ1n) is 4.05. The predicted octanol–water partition coefficient (Wildman–Crippen LogP) is 3.19. The zero-order valence-electron chi connectivity index (χ0n) is 7.09. The molecule has 0 amide bonds. The Hall–Kier alpha value is -0.340. The smallest absolute Gasteiger partial charge is 0.147 e. The van der Waals surface area contributed by atoms with Crippen molar-refractivity contribution in [2.45, 2.75) is 12.8 Å². The highest BCUT2D eigenvalue weighted by molar-refractivity contribution is 9.10. The van der Waals surface area contributed by atoms with Gasteiger partial charge in [0.15, 0.2) is 0 Å². The average Bonchev–Trinajstić information content (AvgIpc) is 2.16. The number of alkyl halides is 1. The summed E-state index contributed by atoms with van der Waals surface area (Å²) >= 11 is 8.82. The van der Waals surface area contributed by atoms with Gasteiger partial charge < -0.3 is 0 Å². The SMILES string of the molecule is O=C(CCl)CCc1ccccc1Br. The van der Waals surface area contributed by atoms with Gasteiger partial charge in [0, 0.05) is 10.9 Å². The van der Waals surface area contributed by atoms with E-state index in [1.165, 1.54) is 0 Å². The normalized spacial score (nSPS) is 10.0. The maximum absolute atomic E-state index is 10.9. The molecule has 3 heteroatoms. The zero-order valence-corrected chi connectivity index (χ0v) is 9.44. The number of carbonyl (C=O) groups is 1. The summed E-state index contributed by atoms with van der Waals surface area (Å²) in [6.45, 7) is 0. The molecule has 0 aliphatic carbocycles. The van der Waals surface area contributed by atoms with Crippen molar-refractivity contribution < 1.29 is 4.79 Å². The first-order chi connectivity index (χ1) is 6.24. The molecule has 0 spiro atoms. The summed E-state index contributed by atoms with van der Waals surface area (Å²) in [6, 6.07) is 7.90. The van der Waals surface area contributed by atoms with Crippen LogP contribution in [0.3, 0.4) is 0 Å². The van der Waals surface area contributed by atoms with E-state index in [1.54, 1.807) is 0 Å². The van der Waals surface area contributed by atoms with Crippen LogP contribution in [0.4, 0.5) is 0 Å². The van der Waals surface area contributed by atoms with Gasteiger partial charge in [-0.25, -0.2) is 0 Å². The lowest BCUT2D eigenvalue weighted by Gasteiger charge is -2.01. The van der Waals surface area contributed by atoms with Gasteiger partial charge >= 0.3 is 0 Å². The average molecular weight is 262 g/mol. The van der Waals surface area contributed by atoms with Crippen molar-refractivity contribution in [1.29, 1.82) is 0 Å². The van der Waals surface area contributed by atoms with E-state index in [9.17, 15) is 4.79 Å². The third kappa shape index (κ3) is 3.49. The second-order valence-electron chi connectivity index (χ2n) is 2.76. The van der Waals surface area contributed by atoms with E-state index in [4.69, 9.17) is 11.6 Å². The summed E-state index contributed by atoms with van der Waals surface area (Å²) in [5.74, 6) is 0.210. The second-order valence-corrected chi connectivity index (χ2v) is 3.89. The Morgan fingerprint density at radius 1 is 1.38 bits per heavy atom. The minimum absolute atomic E-state index is 0.0948. The number of benzene rings is 1. The summed E-state index contributed by atoms with van der Waals surface area (Å²) in [5.41, 5.74) is 1.15. The largest absolute Gasteiger partial charge is 0.298 e. The summed E-state index contributed by atoms with van der Waals surface area (Å²) < 4.78 is 1.05. The fraction of sp³-hybridized carbons (Fsp3) is 0.300. The topological polar surface area (TPSA) is 17.1 Å². The monoisotopic (exact) mass is 260 g/mol. The number of carbonyl (C=O) groups excluding carboxylic acids is 1. The molecule has 0 atom stereocenters. The first-order valence-corrected chi connectivity index (χ1v) is 5.38. The van der Waals surface area contributed by atoms with Crippen LogP contribution in [-0.4, -0.2) is 11.7 Å². The minimum atomic E-state index is 0.0948. The highest BCUT2D eigenvalue weighted by atomic mass is 79.9. The Morgan fingerprint density at radius 2 is 2.08 bits per heavy atom. The summed E-state index contributed by atoms with van der Waals surface area (Å²) in [4.78, 5) is 10.9. The number of ketones is 1. The lowest BCUT2D eigenvalue weighted by atomic mass is 10.1. The molecule has 0 aliphatic heterocycles. The number of halogens is 2. The fourth-order valence-corrected chi connectivity index (χ4v) is 1.66. The summed E-state index contributed by atoms with van der Waals surface area (Å²) in [7, 11) is 0. The van der Waals surface area contributed by atoms with E-state index in [-0.39, 0.29) is 11.7 Å². The van der Waals surface area contributed by atoms with Gasteiger partial charge in [0.1, 0.15) is 5.78 Å². The Morgan fingerprint density at radius 3 is 2.69 bits per heavy atom. The number of hydrogen-bond donors (Lipinski definition) is 0. The maximum atomic E-state index is 10.9. The van der Waals surface area contributed by atoms with Gasteiger partial charge in [0.25, 0.3) is 0 Å². The lowest BCUT2D eigenvalue weighted by molar-refractivity contribution is -0.116. The Bertz CT molecular complexity index is 299. The van der Waals surface area contributed by atoms with Gasteiger partial charge in [0.05, 0.1) is 5.88 Å². The molecule has 1 rings (SSSR count). The van der Waals surface area contributed by atoms with Gasteiger partial charge in [-0.3, -0.25) is 4.79 Å². The molecular formula is C10H10BrClO. The lowest BCUT2D eigenvalue weighted by Crippen LogP contribution is -2.01. The van der Waals surface area contributed by atoms with Crippen molar-refractivity contribution >= 4 is 33.3 Å². The van der Waals surface area contributed by atoms with Crippen LogP contribution in [0.15, 0.2) is 28.7 Å². The highest BCUT2D eigenvalue weighted by Gasteiger charge is 2.02. The molecule has 0 bridgehead atoms. The summed E-state index contributed by atoms with van der Waals surface area (Å²) in [6.07, 6.45) is 1.28. The van der Waals surface area contributed by atoms with Crippen LogP contribution in [-0.2, 0) is 11.2 Å². The van der Waals surface area contributed by atoms with E-state index >= 15 is 0 Å². The molecule has 0 radical (unpaired) electrons. The van der Waals surface area contributed by atoms with Gasteiger partial charge in [-0.1, -0.05) is 34.1 Å². The van der Waals surface area contributed by atoms with Gasteiger partial charge in [-0.2, -0.15) is 0 Å². The fourth-order valence-electron chi connectivity index (χ4n) is 1.04. The van der Waals surface area contributed by atoms with Gasteiger partial charge in [-0.15, -0.1) is 11.6 Å². The number of Topliss-reactive ketones (excluding diaryl/α,β-unsaturated/α-hetero) is 1. The van der Waals surface area contributed by atoms with Crippen LogP contribution in [0, 0.1) is 0 Å². The van der Waals surface area contributed by atoms with Crippen LogP contribution in [0.5, 0.6) is 0 Å². The van der Waals surface area contributed by atoms with Crippen molar-refractivity contribution in [3.63, 3.8) is 0 Å². The van der Waals surface area contributed by atoms with E-state index in [0.717, 1.165) is 16.5 Å². The molecule has 0 fully saturated rings. The van der Waals surface area contributed by atoms with Crippen molar-refractivity contribution in [1.82, 2.24) is 0 Å². The standard InChI is InChI=1S/C10H10BrClO/c11-10-4-2-1-3-8(10)5-6-9(13)7-12/h1-4H,5-7H2. The molecule has 70 valence electrons. The molecule has 0 saturated heterocycles. The number of hydrogen-bond acceptors (Lipinski definition) is 1. The molecule has 1 nitrogen and oxygen atoms in total. The first kappa shape index (κ1) is 10.7.